The van der Waals surface area contributed by atoms with E-state index in [0.717, 1.165) is 16.1 Å². The number of nitrogens with zero attached hydrogens (tertiary/aromatic N) is 2. The van der Waals surface area contributed by atoms with Crippen LogP contribution in [0, 0.1) is 5.82 Å². The first-order valence-electron chi connectivity index (χ1n) is 10.8. The Morgan fingerprint density at radius 1 is 1.03 bits per heavy atom. The number of halogens is 1. The number of sulfonamides is 1. The summed E-state index contributed by atoms with van der Waals surface area (Å²) in [6, 6.07) is 11.8. The second-order valence-corrected chi connectivity index (χ2v) is 10.1. The summed E-state index contributed by atoms with van der Waals surface area (Å²) in [6.07, 6.45) is 1.37. The third-order valence-electron chi connectivity index (χ3n) is 5.43. The predicted molar refractivity (Wildman–Crippen MR) is 128 cm³/mol. The van der Waals surface area contributed by atoms with Gasteiger partial charge in [0.1, 0.15) is 18.4 Å². The molecule has 0 aliphatic heterocycles. The van der Waals surface area contributed by atoms with Crippen LogP contribution in [0.3, 0.4) is 0 Å². The van der Waals surface area contributed by atoms with Gasteiger partial charge in [0, 0.05) is 13.6 Å². The van der Waals surface area contributed by atoms with Gasteiger partial charge in [-0.25, -0.2) is 12.8 Å². The fourth-order valence-electron chi connectivity index (χ4n) is 3.51. The van der Waals surface area contributed by atoms with Crippen LogP contribution in [0.25, 0.3) is 0 Å². The standard InChI is InChI=1S/C24H32FN3O4S/c1-6-22(24(30)26-4)27(15-18-7-11-20(25)12-8-18)23(29)16-28(33(5,31)32)21-13-9-19(10-14-21)17(2)3/h7-14,17,22H,6,15-16H2,1-5H3,(H,26,30). The van der Waals surface area contributed by atoms with Gasteiger partial charge in [-0.1, -0.05) is 45.0 Å². The molecule has 7 nitrogen and oxygen atoms in total. The Hall–Kier alpha value is -2.94. The average Bonchev–Trinajstić information content (AvgIpc) is 2.77. The Morgan fingerprint density at radius 3 is 2.06 bits per heavy atom. The topological polar surface area (TPSA) is 86.8 Å². The summed E-state index contributed by atoms with van der Waals surface area (Å²) in [5.41, 5.74) is 2.03. The zero-order valence-corrected chi connectivity index (χ0v) is 20.5. The van der Waals surface area contributed by atoms with E-state index in [2.05, 4.69) is 5.32 Å². The first-order chi connectivity index (χ1) is 15.5. The van der Waals surface area contributed by atoms with Crippen molar-refractivity contribution in [2.45, 2.75) is 45.7 Å². The van der Waals surface area contributed by atoms with Crippen molar-refractivity contribution in [1.82, 2.24) is 10.2 Å². The minimum absolute atomic E-state index is 0.0366. The third-order valence-corrected chi connectivity index (χ3v) is 6.57. The van der Waals surface area contributed by atoms with Crippen molar-refractivity contribution in [1.29, 1.82) is 0 Å². The summed E-state index contributed by atoms with van der Waals surface area (Å²) < 4.78 is 39.5. The van der Waals surface area contributed by atoms with Crippen LogP contribution in [0.4, 0.5) is 10.1 Å². The van der Waals surface area contributed by atoms with Crippen molar-refractivity contribution < 1.29 is 22.4 Å². The fourth-order valence-corrected chi connectivity index (χ4v) is 4.36. The van der Waals surface area contributed by atoms with Crippen molar-refractivity contribution in [3.8, 4) is 0 Å². The average molecular weight is 478 g/mol. The number of amides is 2. The molecule has 2 aromatic rings. The Morgan fingerprint density at radius 2 is 1.61 bits per heavy atom. The second-order valence-electron chi connectivity index (χ2n) is 8.20. The van der Waals surface area contributed by atoms with Gasteiger partial charge in [0.2, 0.25) is 21.8 Å². The Bertz CT molecular complexity index is 1050. The normalized spacial score (nSPS) is 12.3. The van der Waals surface area contributed by atoms with Gasteiger partial charge in [0.15, 0.2) is 0 Å². The molecule has 1 unspecified atom stereocenters. The second kappa shape index (κ2) is 11.3. The van der Waals surface area contributed by atoms with E-state index in [1.54, 1.807) is 19.1 Å². The molecule has 2 amide bonds. The van der Waals surface area contributed by atoms with Crippen LogP contribution < -0.4 is 9.62 Å². The molecule has 0 radical (unpaired) electrons. The largest absolute Gasteiger partial charge is 0.357 e. The number of rotatable bonds is 10. The molecule has 0 heterocycles. The lowest BCUT2D eigenvalue weighted by Gasteiger charge is -2.32. The molecule has 0 bridgehead atoms. The number of anilines is 1. The van der Waals surface area contributed by atoms with E-state index >= 15 is 0 Å². The molecule has 180 valence electrons. The van der Waals surface area contributed by atoms with Gasteiger partial charge in [0.05, 0.1) is 11.9 Å². The number of benzene rings is 2. The molecule has 0 saturated heterocycles. The first-order valence-corrected chi connectivity index (χ1v) is 12.7. The van der Waals surface area contributed by atoms with Crippen molar-refractivity contribution in [2.24, 2.45) is 0 Å². The van der Waals surface area contributed by atoms with Gasteiger partial charge in [-0.05, 0) is 47.7 Å². The molecular formula is C24H32FN3O4S. The minimum Gasteiger partial charge on any atom is -0.357 e. The highest BCUT2D eigenvalue weighted by atomic mass is 32.2. The lowest BCUT2D eigenvalue weighted by Crippen LogP contribution is -2.51. The van der Waals surface area contributed by atoms with Crippen LogP contribution in [0.15, 0.2) is 48.5 Å². The van der Waals surface area contributed by atoms with Gasteiger partial charge in [-0.15, -0.1) is 0 Å². The van der Waals surface area contributed by atoms with Crippen molar-refractivity contribution in [3.05, 3.63) is 65.5 Å². The number of hydrogen-bond donors (Lipinski definition) is 1. The Kier molecular flexibility index (Phi) is 8.99. The molecule has 0 aromatic heterocycles. The molecule has 9 heteroatoms. The van der Waals surface area contributed by atoms with E-state index in [1.807, 2.05) is 26.0 Å². The van der Waals surface area contributed by atoms with E-state index in [-0.39, 0.29) is 18.4 Å². The highest BCUT2D eigenvalue weighted by Gasteiger charge is 2.31. The Labute approximate surface area is 195 Å². The maximum Gasteiger partial charge on any atom is 0.244 e. The van der Waals surface area contributed by atoms with Crippen LogP contribution in [0.2, 0.25) is 0 Å². The van der Waals surface area contributed by atoms with Gasteiger partial charge < -0.3 is 10.2 Å². The summed E-state index contributed by atoms with van der Waals surface area (Å²) in [4.78, 5) is 27.2. The van der Waals surface area contributed by atoms with Gasteiger partial charge in [-0.2, -0.15) is 0 Å². The zero-order chi connectivity index (χ0) is 24.8. The van der Waals surface area contributed by atoms with Crippen LogP contribution in [0.5, 0.6) is 0 Å². The molecule has 33 heavy (non-hydrogen) atoms. The van der Waals surface area contributed by atoms with Gasteiger partial charge in [0.25, 0.3) is 0 Å². The van der Waals surface area contributed by atoms with Crippen LogP contribution in [0.1, 0.15) is 44.2 Å². The smallest absolute Gasteiger partial charge is 0.244 e. The SMILES string of the molecule is CCC(C(=O)NC)N(Cc1ccc(F)cc1)C(=O)CN(c1ccc(C(C)C)cc1)S(C)(=O)=O. The zero-order valence-electron chi connectivity index (χ0n) is 19.7. The number of likely N-dealkylation sites (N-methyl/N-ethyl adjacent to an activating group) is 1. The minimum atomic E-state index is -3.78. The fraction of sp³-hybridized carbons (Fsp3) is 0.417. The summed E-state index contributed by atoms with van der Waals surface area (Å²) in [5, 5.41) is 2.55. The van der Waals surface area contributed by atoms with E-state index in [1.165, 1.54) is 36.2 Å². The summed E-state index contributed by atoms with van der Waals surface area (Å²) in [6.45, 7) is 5.40. The Balaban J connectivity index is 2.40. The number of hydrogen-bond acceptors (Lipinski definition) is 4. The first kappa shape index (κ1) is 26.3. The maximum atomic E-state index is 13.4. The van der Waals surface area contributed by atoms with Crippen LogP contribution >= 0.6 is 0 Å². The van der Waals surface area contributed by atoms with Gasteiger partial charge in [-0.3, -0.25) is 13.9 Å². The molecule has 2 aromatic carbocycles. The molecule has 0 fully saturated rings. The van der Waals surface area contributed by atoms with E-state index in [9.17, 15) is 22.4 Å². The quantitative estimate of drug-likeness (QED) is 0.569. The predicted octanol–water partition coefficient (Wildman–Crippen LogP) is 3.27. The van der Waals surface area contributed by atoms with Crippen LogP contribution in [-0.4, -0.2) is 51.0 Å². The maximum absolute atomic E-state index is 13.4. The molecule has 0 saturated carbocycles. The lowest BCUT2D eigenvalue weighted by atomic mass is 10.0. The highest BCUT2D eigenvalue weighted by Crippen LogP contribution is 2.23. The van der Waals surface area contributed by atoms with Crippen molar-refractivity contribution in [3.63, 3.8) is 0 Å². The summed E-state index contributed by atoms with van der Waals surface area (Å²) >= 11 is 0. The van der Waals surface area contributed by atoms with E-state index < -0.39 is 34.3 Å². The lowest BCUT2D eigenvalue weighted by molar-refractivity contribution is -0.140. The number of carbonyl (C=O) groups is 2. The molecule has 0 spiro atoms. The summed E-state index contributed by atoms with van der Waals surface area (Å²) in [7, 11) is -2.30. The molecular weight excluding hydrogens is 445 g/mol. The van der Waals surface area contributed by atoms with E-state index in [4.69, 9.17) is 0 Å². The number of carbonyl (C=O) groups excluding carboxylic acids is 2. The van der Waals surface area contributed by atoms with Crippen LogP contribution in [-0.2, 0) is 26.2 Å². The van der Waals surface area contributed by atoms with Crippen molar-refractivity contribution in [2.75, 3.05) is 24.2 Å². The number of nitrogens with one attached hydrogen (secondary N) is 1. The van der Waals surface area contributed by atoms with Gasteiger partial charge >= 0.3 is 0 Å². The highest BCUT2D eigenvalue weighted by molar-refractivity contribution is 7.92. The molecule has 1 atom stereocenters. The molecule has 1 N–H and O–H groups in total. The molecule has 0 aliphatic carbocycles. The molecule has 0 aliphatic rings. The van der Waals surface area contributed by atoms with Crippen molar-refractivity contribution >= 4 is 27.5 Å². The molecule has 2 rings (SSSR count). The summed E-state index contributed by atoms with van der Waals surface area (Å²) in [5.74, 6) is -1.03. The third kappa shape index (κ3) is 7.02. The monoisotopic (exact) mass is 477 g/mol. The van der Waals surface area contributed by atoms with E-state index in [0.29, 0.717) is 17.7 Å².